The molecule has 5 atom stereocenters. The van der Waals surface area contributed by atoms with Crippen LogP contribution in [0.4, 0.5) is 0 Å². The van der Waals surface area contributed by atoms with E-state index in [4.69, 9.17) is 14.6 Å². The first kappa shape index (κ1) is 15.6. The fraction of sp³-hybridized carbons (Fsp3) is 0.833. The van der Waals surface area contributed by atoms with Crippen molar-refractivity contribution in [3.63, 3.8) is 0 Å². The Morgan fingerprint density at radius 3 is 2.44 bits per heavy atom. The summed E-state index contributed by atoms with van der Waals surface area (Å²) in [5.74, 6) is 0. The molecule has 0 aliphatic carbocycles. The van der Waals surface area contributed by atoms with Gasteiger partial charge in [-0.1, -0.05) is 25.5 Å². The highest BCUT2D eigenvalue weighted by atomic mass is 16.7. The Kier molecular flexibility index (Phi) is 6.77. The highest BCUT2D eigenvalue weighted by Crippen LogP contribution is 2.21. The second-order valence-electron chi connectivity index (χ2n) is 4.29. The minimum Gasteiger partial charge on any atom is -0.394 e. The molecule has 1 fully saturated rings. The van der Waals surface area contributed by atoms with E-state index in [1.165, 1.54) is 0 Å². The summed E-state index contributed by atoms with van der Waals surface area (Å²) in [4.78, 5) is 0. The maximum absolute atomic E-state index is 9.66. The van der Waals surface area contributed by atoms with Gasteiger partial charge in [-0.05, 0) is 6.42 Å². The molecule has 106 valence electrons. The van der Waals surface area contributed by atoms with Crippen LogP contribution in [0.5, 0.6) is 0 Å². The zero-order valence-electron chi connectivity index (χ0n) is 10.5. The summed E-state index contributed by atoms with van der Waals surface area (Å²) in [7, 11) is 0. The summed E-state index contributed by atoms with van der Waals surface area (Å²) in [5, 5.41) is 37.7. The third-order valence-electron chi connectivity index (χ3n) is 2.83. The molecule has 1 aliphatic rings. The lowest BCUT2D eigenvalue weighted by Gasteiger charge is -2.39. The number of aliphatic hydroxyl groups is 4. The number of hydrogen-bond donors (Lipinski definition) is 4. The molecule has 1 rings (SSSR count). The molecule has 0 aromatic carbocycles. The van der Waals surface area contributed by atoms with Gasteiger partial charge in [-0.3, -0.25) is 0 Å². The number of allylic oxidation sites excluding steroid dienone is 1. The first-order chi connectivity index (χ1) is 8.61. The van der Waals surface area contributed by atoms with Gasteiger partial charge in [0, 0.05) is 0 Å². The maximum atomic E-state index is 9.66. The molecule has 0 aromatic rings. The average Bonchev–Trinajstić information content (AvgIpc) is 2.38. The number of rotatable bonds is 6. The molecule has 0 radical (unpaired) electrons. The molecule has 6 nitrogen and oxygen atoms in total. The van der Waals surface area contributed by atoms with Gasteiger partial charge in [-0.2, -0.15) is 0 Å². The summed E-state index contributed by atoms with van der Waals surface area (Å²) in [5.41, 5.74) is 0. The molecule has 0 amide bonds. The number of ether oxygens (including phenoxy) is 2. The molecule has 6 heteroatoms. The van der Waals surface area contributed by atoms with Crippen molar-refractivity contribution in [1.29, 1.82) is 0 Å². The Morgan fingerprint density at radius 2 is 1.83 bits per heavy atom. The van der Waals surface area contributed by atoms with Crippen LogP contribution >= 0.6 is 0 Å². The number of hydrogen-bond acceptors (Lipinski definition) is 6. The van der Waals surface area contributed by atoms with Gasteiger partial charge in [0.25, 0.3) is 0 Å². The lowest BCUT2D eigenvalue weighted by molar-refractivity contribution is -0.298. The van der Waals surface area contributed by atoms with Gasteiger partial charge in [0.15, 0.2) is 6.29 Å². The topological polar surface area (TPSA) is 99.4 Å². The monoisotopic (exact) mass is 262 g/mol. The van der Waals surface area contributed by atoms with E-state index in [-0.39, 0.29) is 6.61 Å². The smallest absolute Gasteiger partial charge is 0.187 e. The lowest BCUT2D eigenvalue weighted by atomic mass is 9.99. The summed E-state index contributed by atoms with van der Waals surface area (Å²) >= 11 is 0. The average molecular weight is 262 g/mol. The Bertz CT molecular complexity index is 255. The van der Waals surface area contributed by atoms with Crippen molar-refractivity contribution < 1.29 is 29.9 Å². The van der Waals surface area contributed by atoms with Crippen LogP contribution in [-0.4, -0.2) is 64.3 Å². The van der Waals surface area contributed by atoms with Crippen molar-refractivity contribution in [2.45, 2.75) is 50.5 Å². The van der Waals surface area contributed by atoms with Crippen LogP contribution in [-0.2, 0) is 9.47 Å². The molecule has 0 aromatic heterocycles. The van der Waals surface area contributed by atoms with Crippen LogP contribution < -0.4 is 0 Å². The van der Waals surface area contributed by atoms with Crippen LogP contribution in [0.1, 0.15) is 19.8 Å². The summed E-state index contributed by atoms with van der Waals surface area (Å²) < 4.78 is 10.4. The van der Waals surface area contributed by atoms with E-state index >= 15 is 0 Å². The Hall–Kier alpha value is -0.500. The fourth-order valence-corrected chi connectivity index (χ4v) is 1.71. The van der Waals surface area contributed by atoms with Crippen molar-refractivity contribution in [3.05, 3.63) is 12.2 Å². The minimum absolute atomic E-state index is 0.239. The number of unbranched alkanes of at least 4 members (excludes halogenated alkanes) is 1. The van der Waals surface area contributed by atoms with Crippen LogP contribution in [0.3, 0.4) is 0 Å². The normalized spacial score (nSPS) is 37.3. The fourth-order valence-electron chi connectivity index (χ4n) is 1.71. The summed E-state index contributed by atoms with van der Waals surface area (Å²) in [6, 6.07) is 0. The highest BCUT2D eigenvalue weighted by Gasteiger charge is 2.43. The second kappa shape index (κ2) is 7.83. The van der Waals surface area contributed by atoms with E-state index in [9.17, 15) is 15.3 Å². The molecule has 1 heterocycles. The van der Waals surface area contributed by atoms with Gasteiger partial charge < -0.3 is 29.9 Å². The quantitative estimate of drug-likeness (QED) is 0.466. The van der Waals surface area contributed by atoms with Gasteiger partial charge in [0.05, 0.1) is 13.2 Å². The molecule has 18 heavy (non-hydrogen) atoms. The third-order valence-corrected chi connectivity index (χ3v) is 2.83. The van der Waals surface area contributed by atoms with E-state index in [1.54, 1.807) is 6.08 Å². The minimum atomic E-state index is -1.39. The first-order valence-electron chi connectivity index (χ1n) is 6.19. The van der Waals surface area contributed by atoms with Crippen molar-refractivity contribution >= 4 is 0 Å². The Morgan fingerprint density at radius 1 is 1.11 bits per heavy atom. The van der Waals surface area contributed by atoms with Gasteiger partial charge in [0.1, 0.15) is 24.4 Å². The largest absolute Gasteiger partial charge is 0.394 e. The zero-order valence-corrected chi connectivity index (χ0v) is 10.5. The van der Waals surface area contributed by atoms with Gasteiger partial charge in [-0.15, -0.1) is 0 Å². The molecule has 1 saturated heterocycles. The molecular formula is C12H22O6. The van der Waals surface area contributed by atoms with E-state index < -0.39 is 37.3 Å². The lowest BCUT2D eigenvalue weighted by Crippen LogP contribution is -2.59. The van der Waals surface area contributed by atoms with E-state index in [0.29, 0.717) is 0 Å². The molecule has 4 N–H and O–H groups in total. The van der Waals surface area contributed by atoms with E-state index in [0.717, 1.165) is 12.8 Å². The van der Waals surface area contributed by atoms with Crippen molar-refractivity contribution in [2.24, 2.45) is 0 Å². The van der Waals surface area contributed by atoms with Gasteiger partial charge >= 0.3 is 0 Å². The van der Waals surface area contributed by atoms with E-state index in [2.05, 4.69) is 6.92 Å². The van der Waals surface area contributed by atoms with Crippen molar-refractivity contribution in [1.82, 2.24) is 0 Å². The number of aliphatic hydroxyl groups excluding tert-OH is 4. The van der Waals surface area contributed by atoms with Crippen LogP contribution in [0.15, 0.2) is 12.2 Å². The highest BCUT2D eigenvalue weighted by molar-refractivity contribution is 4.89. The molecule has 1 aliphatic heterocycles. The second-order valence-corrected chi connectivity index (χ2v) is 4.29. The SMILES string of the molecule is CCC/C=C\CO[C@@H]1O[C@H](CO)[C@@H](O)[C@H](O)[C@H]1O. The van der Waals surface area contributed by atoms with Gasteiger partial charge in [0.2, 0.25) is 0 Å². The first-order valence-corrected chi connectivity index (χ1v) is 6.19. The Labute approximate surface area is 106 Å². The maximum Gasteiger partial charge on any atom is 0.187 e. The van der Waals surface area contributed by atoms with Crippen molar-refractivity contribution in [3.8, 4) is 0 Å². The molecule has 0 unspecified atom stereocenters. The molecule has 0 saturated carbocycles. The van der Waals surface area contributed by atoms with Crippen molar-refractivity contribution in [2.75, 3.05) is 13.2 Å². The predicted octanol–water partition coefficient (Wildman–Crippen LogP) is -0.841. The predicted molar refractivity (Wildman–Crippen MR) is 63.8 cm³/mol. The zero-order chi connectivity index (χ0) is 13.5. The van der Waals surface area contributed by atoms with Crippen LogP contribution in [0.2, 0.25) is 0 Å². The third kappa shape index (κ3) is 4.01. The van der Waals surface area contributed by atoms with Gasteiger partial charge in [-0.25, -0.2) is 0 Å². The van der Waals surface area contributed by atoms with E-state index in [1.807, 2.05) is 6.08 Å². The summed E-state index contributed by atoms with van der Waals surface area (Å²) in [6.07, 6.45) is -0.313. The van der Waals surface area contributed by atoms with Crippen LogP contribution in [0.25, 0.3) is 0 Å². The molecular weight excluding hydrogens is 240 g/mol. The molecule has 0 spiro atoms. The summed E-state index contributed by atoms with van der Waals surface area (Å²) in [6.45, 7) is 1.85. The van der Waals surface area contributed by atoms with Crippen LogP contribution in [0, 0.1) is 0 Å². The Balaban J connectivity index is 2.44. The molecule has 0 bridgehead atoms. The standard InChI is InChI=1S/C12H22O6/c1-2-3-4-5-6-17-12-11(16)10(15)9(14)8(7-13)18-12/h4-5,8-16H,2-3,6-7H2,1H3/b5-4-/t8-,9-,10+,11-,12-/m1/s1.